The molecule has 1 aliphatic rings. The van der Waals surface area contributed by atoms with E-state index in [1.165, 1.54) is 12.8 Å². The second kappa shape index (κ2) is 6.27. The van der Waals surface area contributed by atoms with Gasteiger partial charge < -0.3 is 16.0 Å². The fraction of sp³-hybridized carbons (Fsp3) is 0.562. The van der Waals surface area contributed by atoms with Crippen LogP contribution < -0.4 is 11.1 Å². The topological polar surface area (TPSA) is 58.4 Å². The average Bonchev–Trinajstić information content (AvgIpc) is 2.38. The van der Waals surface area contributed by atoms with Crippen LogP contribution in [0.2, 0.25) is 0 Å². The van der Waals surface area contributed by atoms with Crippen molar-refractivity contribution in [3.05, 3.63) is 24.3 Å². The summed E-state index contributed by atoms with van der Waals surface area (Å²) in [6.07, 6.45) is 3.01. The second-order valence-electron chi connectivity index (χ2n) is 6.43. The van der Waals surface area contributed by atoms with Crippen LogP contribution in [-0.2, 0) is 4.79 Å². The number of para-hydroxylation sites is 2. The van der Waals surface area contributed by atoms with Crippen LogP contribution in [0.5, 0.6) is 0 Å². The van der Waals surface area contributed by atoms with Gasteiger partial charge in [-0.2, -0.15) is 0 Å². The Labute approximate surface area is 121 Å². The number of nitrogens with two attached hydrogens (primary N) is 1. The van der Waals surface area contributed by atoms with Crippen molar-refractivity contribution in [3.63, 3.8) is 0 Å². The van der Waals surface area contributed by atoms with Gasteiger partial charge in [-0.3, -0.25) is 4.79 Å². The summed E-state index contributed by atoms with van der Waals surface area (Å²) in [4.78, 5) is 14.4. The summed E-state index contributed by atoms with van der Waals surface area (Å²) in [7, 11) is 0. The number of carbonyl (C=O) groups is 1. The lowest BCUT2D eigenvalue weighted by Gasteiger charge is -2.37. The summed E-state index contributed by atoms with van der Waals surface area (Å²) in [5.41, 5.74) is 7.51. The molecule has 1 fully saturated rings. The molecule has 0 atom stereocenters. The molecule has 1 aliphatic heterocycles. The molecule has 0 aromatic heterocycles. The minimum Gasteiger partial charge on any atom is -0.397 e. The van der Waals surface area contributed by atoms with Gasteiger partial charge >= 0.3 is 0 Å². The van der Waals surface area contributed by atoms with Crippen molar-refractivity contribution in [1.82, 2.24) is 4.90 Å². The molecular weight excluding hydrogens is 250 g/mol. The zero-order valence-corrected chi connectivity index (χ0v) is 12.5. The van der Waals surface area contributed by atoms with Crippen LogP contribution in [-0.4, -0.2) is 30.4 Å². The molecule has 1 aromatic carbocycles. The Morgan fingerprint density at radius 2 is 2.15 bits per heavy atom. The molecule has 4 nitrogen and oxygen atoms in total. The predicted molar refractivity (Wildman–Crippen MR) is 83.6 cm³/mol. The van der Waals surface area contributed by atoms with Gasteiger partial charge in [-0.1, -0.05) is 26.0 Å². The first-order chi connectivity index (χ1) is 9.46. The molecular formula is C16H25N3O. The average molecular weight is 275 g/mol. The lowest BCUT2D eigenvalue weighted by molar-refractivity contribution is -0.116. The second-order valence-corrected chi connectivity index (χ2v) is 6.43. The third-order valence-electron chi connectivity index (χ3n) is 3.87. The molecule has 1 saturated heterocycles. The van der Waals surface area contributed by atoms with Gasteiger partial charge in [0.25, 0.3) is 0 Å². The Morgan fingerprint density at radius 1 is 1.40 bits per heavy atom. The van der Waals surface area contributed by atoms with Gasteiger partial charge in [0.1, 0.15) is 0 Å². The number of rotatable bonds is 4. The van der Waals surface area contributed by atoms with Gasteiger partial charge in [0.15, 0.2) is 0 Å². The van der Waals surface area contributed by atoms with E-state index in [0.29, 0.717) is 23.2 Å². The molecule has 0 spiro atoms. The summed E-state index contributed by atoms with van der Waals surface area (Å²) in [5, 5.41) is 2.88. The largest absolute Gasteiger partial charge is 0.397 e. The van der Waals surface area contributed by atoms with Gasteiger partial charge in [0.05, 0.1) is 11.4 Å². The Morgan fingerprint density at radius 3 is 2.85 bits per heavy atom. The molecule has 0 unspecified atom stereocenters. The van der Waals surface area contributed by atoms with E-state index in [9.17, 15) is 4.79 Å². The van der Waals surface area contributed by atoms with E-state index >= 15 is 0 Å². The third kappa shape index (κ3) is 4.23. The molecule has 0 saturated carbocycles. The summed E-state index contributed by atoms with van der Waals surface area (Å²) in [5.74, 6) is 0.0336. The number of hydrogen-bond donors (Lipinski definition) is 2. The van der Waals surface area contributed by atoms with Crippen LogP contribution in [0.15, 0.2) is 24.3 Å². The van der Waals surface area contributed by atoms with E-state index in [0.717, 1.165) is 19.6 Å². The monoisotopic (exact) mass is 275 g/mol. The van der Waals surface area contributed by atoms with Gasteiger partial charge in [-0.25, -0.2) is 0 Å². The number of nitrogens with one attached hydrogen (secondary N) is 1. The van der Waals surface area contributed by atoms with E-state index in [2.05, 4.69) is 24.1 Å². The molecule has 4 heteroatoms. The van der Waals surface area contributed by atoms with Crippen molar-refractivity contribution in [3.8, 4) is 0 Å². The van der Waals surface area contributed by atoms with Gasteiger partial charge in [0, 0.05) is 19.5 Å². The minimum absolute atomic E-state index is 0.0336. The first-order valence-electron chi connectivity index (χ1n) is 7.33. The van der Waals surface area contributed by atoms with Gasteiger partial charge in [-0.05, 0) is 36.9 Å². The molecule has 20 heavy (non-hydrogen) atoms. The first kappa shape index (κ1) is 14.9. The molecule has 0 bridgehead atoms. The molecule has 1 amide bonds. The quantitative estimate of drug-likeness (QED) is 0.831. The van der Waals surface area contributed by atoms with Crippen LogP contribution in [0, 0.1) is 5.41 Å². The number of likely N-dealkylation sites (tertiary alicyclic amines) is 1. The maximum atomic E-state index is 12.0. The summed E-state index contributed by atoms with van der Waals surface area (Å²) in [6, 6.07) is 7.36. The smallest absolute Gasteiger partial charge is 0.225 e. The maximum Gasteiger partial charge on any atom is 0.225 e. The molecule has 1 heterocycles. The van der Waals surface area contributed by atoms with Crippen LogP contribution in [0.4, 0.5) is 11.4 Å². The number of piperidine rings is 1. The molecule has 1 aromatic rings. The van der Waals surface area contributed by atoms with Gasteiger partial charge in [0.2, 0.25) is 5.91 Å². The lowest BCUT2D eigenvalue weighted by atomic mass is 9.84. The Kier molecular flexibility index (Phi) is 4.65. The van der Waals surface area contributed by atoms with E-state index < -0.39 is 0 Å². The van der Waals surface area contributed by atoms with Crippen molar-refractivity contribution in [2.75, 3.05) is 30.7 Å². The van der Waals surface area contributed by atoms with Crippen LogP contribution in [0.3, 0.4) is 0 Å². The highest BCUT2D eigenvalue weighted by atomic mass is 16.1. The molecule has 0 radical (unpaired) electrons. The summed E-state index contributed by atoms with van der Waals surface area (Å²) < 4.78 is 0. The molecule has 3 N–H and O–H groups in total. The van der Waals surface area contributed by atoms with E-state index in [4.69, 9.17) is 5.73 Å². The SMILES string of the molecule is CC1(C)CCCN(CCC(=O)Nc2ccccc2N)C1. The fourth-order valence-corrected chi connectivity index (χ4v) is 2.82. The van der Waals surface area contributed by atoms with Gasteiger partial charge in [-0.15, -0.1) is 0 Å². The lowest BCUT2D eigenvalue weighted by Crippen LogP contribution is -2.41. The van der Waals surface area contributed by atoms with Crippen molar-refractivity contribution in [2.45, 2.75) is 33.1 Å². The molecule has 110 valence electrons. The van der Waals surface area contributed by atoms with E-state index in [-0.39, 0.29) is 5.91 Å². The number of amides is 1. The van der Waals surface area contributed by atoms with Crippen molar-refractivity contribution in [1.29, 1.82) is 0 Å². The number of anilines is 2. The minimum atomic E-state index is 0.0336. The van der Waals surface area contributed by atoms with Crippen LogP contribution >= 0.6 is 0 Å². The zero-order valence-electron chi connectivity index (χ0n) is 12.5. The number of hydrogen-bond acceptors (Lipinski definition) is 3. The standard InChI is InChI=1S/C16H25N3O/c1-16(2)9-5-10-19(12-16)11-8-15(20)18-14-7-4-3-6-13(14)17/h3-4,6-7H,5,8-12,17H2,1-2H3,(H,18,20). The summed E-state index contributed by atoms with van der Waals surface area (Å²) in [6.45, 7) is 7.59. The Hall–Kier alpha value is -1.55. The van der Waals surface area contributed by atoms with Crippen molar-refractivity contribution < 1.29 is 4.79 Å². The number of carbonyl (C=O) groups excluding carboxylic acids is 1. The summed E-state index contributed by atoms with van der Waals surface area (Å²) >= 11 is 0. The molecule has 2 rings (SSSR count). The molecule has 0 aliphatic carbocycles. The zero-order chi connectivity index (χ0) is 14.6. The highest BCUT2D eigenvalue weighted by molar-refractivity contribution is 5.93. The normalized spacial score (nSPS) is 18.7. The predicted octanol–water partition coefficient (Wildman–Crippen LogP) is 2.72. The Bertz CT molecular complexity index is 471. The highest BCUT2D eigenvalue weighted by Crippen LogP contribution is 2.28. The fourth-order valence-electron chi connectivity index (χ4n) is 2.82. The van der Waals surface area contributed by atoms with E-state index in [1.807, 2.05) is 18.2 Å². The number of nitrogens with zero attached hydrogens (tertiary/aromatic N) is 1. The first-order valence-corrected chi connectivity index (χ1v) is 7.33. The van der Waals surface area contributed by atoms with Crippen molar-refractivity contribution >= 4 is 17.3 Å². The van der Waals surface area contributed by atoms with Crippen molar-refractivity contribution in [2.24, 2.45) is 5.41 Å². The maximum absolute atomic E-state index is 12.0. The highest BCUT2D eigenvalue weighted by Gasteiger charge is 2.26. The van der Waals surface area contributed by atoms with Crippen LogP contribution in [0.1, 0.15) is 33.1 Å². The third-order valence-corrected chi connectivity index (χ3v) is 3.87. The van der Waals surface area contributed by atoms with E-state index in [1.54, 1.807) is 6.07 Å². The van der Waals surface area contributed by atoms with Crippen LogP contribution in [0.25, 0.3) is 0 Å². The Balaban J connectivity index is 1.79. The number of nitrogen functional groups attached to an aromatic ring is 1. The number of benzene rings is 1.